The standard InChI is InChI=1S/C21H21FN4O2S/c1-25-20(16-7-3-4-8-17(16)22)23-24-21(25)29-13-19(27)26-11-5-6-14-12-15(28-2)9-10-18(14)26/h3-4,7-10,12H,5-6,11,13H2,1-2H3. The Hall–Kier alpha value is -2.87. The second-order valence-electron chi connectivity index (χ2n) is 6.78. The largest absolute Gasteiger partial charge is 0.497 e. The topological polar surface area (TPSA) is 60.2 Å². The fraction of sp³-hybridized carbons (Fsp3) is 0.286. The number of nitrogens with zero attached hydrogens (tertiary/aromatic N) is 4. The summed E-state index contributed by atoms with van der Waals surface area (Å²) in [5.41, 5.74) is 2.45. The van der Waals surface area contributed by atoms with Gasteiger partial charge in [-0.1, -0.05) is 23.9 Å². The third kappa shape index (κ3) is 3.85. The zero-order chi connectivity index (χ0) is 20.4. The number of carbonyl (C=O) groups is 1. The van der Waals surface area contributed by atoms with Crippen LogP contribution in [0.4, 0.5) is 10.1 Å². The van der Waals surface area contributed by atoms with Gasteiger partial charge in [-0.25, -0.2) is 4.39 Å². The molecule has 2 heterocycles. The molecule has 1 aliphatic rings. The van der Waals surface area contributed by atoms with Gasteiger partial charge in [-0.15, -0.1) is 10.2 Å². The summed E-state index contributed by atoms with van der Waals surface area (Å²) >= 11 is 1.30. The van der Waals surface area contributed by atoms with Crippen LogP contribution in [0.25, 0.3) is 11.4 Å². The van der Waals surface area contributed by atoms with Gasteiger partial charge in [0.1, 0.15) is 11.6 Å². The lowest BCUT2D eigenvalue weighted by Gasteiger charge is -2.29. The number of fused-ring (bicyclic) bond motifs is 1. The Labute approximate surface area is 172 Å². The molecule has 1 aliphatic heterocycles. The van der Waals surface area contributed by atoms with E-state index in [0.29, 0.717) is 23.1 Å². The molecule has 0 saturated carbocycles. The van der Waals surface area contributed by atoms with Crippen molar-refractivity contribution < 1.29 is 13.9 Å². The molecule has 150 valence electrons. The van der Waals surface area contributed by atoms with E-state index in [1.165, 1.54) is 17.8 Å². The van der Waals surface area contributed by atoms with Crippen molar-refractivity contribution in [1.29, 1.82) is 0 Å². The van der Waals surface area contributed by atoms with Crippen LogP contribution in [0, 0.1) is 5.82 Å². The number of anilines is 1. The van der Waals surface area contributed by atoms with E-state index >= 15 is 0 Å². The molecule has 0 fully saturated rings. The number of ether oxygens (including phenoxy) is 1. The van der Waals surface area contributed by atoms with Gasteiger partial charge in [-0.2, -0.15) is 0 Å². The summed E-state index contributed by atoms with van der Waals surface area (Å²) in [6.07, 6.45) is 1.84. The molecule has 0 N–H and O–H groups in total. The quantitative estimate of drug-likeness (QED) is 0.598. The SMILES string of the molecule is COc1ccc2c(c1)CCCN2C(=O)CSc1nnc(-c2ccccc2F)n1C. The van der Waals surface area contributed by atoms with Gasteiger partial charge in [-0.05, 0) is 48.7 Å². The highest BCUT2D eigenvalue weighted by molar-refractivity contribution is 7.99. The first kappa shape index (κ1) is 19.4. The van der Waals surface area contributed by atoms with E-state index in [0.717, 1.165) is 29.8 Å². The number of rotatable bonds is 5. The first-order valence-corrected chi connectivity index (χ1v) is 10.3. The molecule has 1 aromatic heterocycles. The molecule has 8 heteroatoms. The van der Waals surface area contributed by atoms with Gasteiger partial charge in [0.15, 0.2) is 11.0 Å². The number of methoxy groups -OCH3 is 1. The van der Waals surface area contributed by atoms with Crippen molar-refractivity contribution in [2.24, 2.45) is 7.05 Å². The molecule has 0 unspecified atom stereocenters. The van der Waals surface area contributed by atoms with Gasteiger partial charge in [0.25, 0.3) is 0 Å². The number of thioether (sulfide) groups is 1. The predicted octanol–water partition coefficient (Wildman–Crippen LogP) is 3.70. The minimum atomic E-state index is -0.351. The summed E-state index contributed by atoms with van der Waals surface area (Å²) in [7, 11) is 3.41. The maximum Gasteiger partial charge on any atom is 0.237 e. The van der Waals surface area contributed by atoms with Crippen LogP contribution in [0.3, 0.4) is 0 Å². The Bertz CT molecular complexity index is 1050. The monoisotopic (exact) mass is 412 g/mol. The highest BCUT2D eigenvalue weighted by atomic mass is 32.2. The fourth-order valence-corrected chi connectivity index (χ4v) is 4.27. The van der Waals surface area contributed by atoms with Crippen LogP contribution in [0.2, 0.25) is 0 Å². The number of aryl methyl sites for hydroxylation is 1. The molecule has 0 spiro atoms. The van der Waals surface area contributed by atoms with Crippen LogP contribution < -0.4 is 9.64 Å². The molecule has 0 atom stereocenters. The Morgan fingerprint density at radius 2 is 2.07 bits per heavy atom. The van der Waals surface area contributed by atoms with Crippen molar-refractivity contribution in [2.75, 3.05) is 24.3 Å². The number of aromatic nitrogens is 3. The smallest absolute Gasteiger partial charge is 0.237 e. The zero-order valence-electron chi connectivity index (χ0n) is 16.3. The maximum atomic E-state index is 14.1. The molecule has 29 heavy (non-hydrogen) atoms. The van der Waals surface area contributed by atoms with Gasteiger partial charge in [0, 0.05) is 19.3 Å². The molecule has 2 aromatic carbocycles. The van der Waals surface area contributed by atoms with Crippen LogP contribution in [-0.4, -0.2) is 40.1 Å². The Morgan fingerprint density at radius 1 is 1.24 bits per heavy atom. The lowest BCUT2D eigenvalue weighted by Crippen LogP contribution is -2.36. The van der Waals surface area contributed by atoms with E-state index in [9.17, 15) is 9.18 Å². The Morgan fingerprint density at radius 3 is 2.86 bits per heavy atom. The lowest BCUT2D eigenvalue weighted by molar-refractivity contribution is -0.116. The number of hydrogen-bond donors (Lipinski definition) is 0. The second-order valence-corrected chi connectivity index (χ2v) is 7.72. The summed E-state index contributed by atoms with van der Waals surface area (Å²) in [5.74, 6) is 1.13. The van der Waals surface area contributed by atoms with E-state index in [1.54, 1.807) is 36.9 Å². The van der Waals surface area contributed by atoms with E-state index in [-0.39, 0.29) is 17.5 Å². The molecule has 0 aliphatic carbocycles. The maximum absolute atomic E-state index is 14.1. The van der Waals surface area contributed by atoms with Gasteiger partial charge >= 0.3 is 0 Å². The van der Waals surface area contributed by atoms with Crippen LogP contribution in [0.1, 0.15) is 12.0 Å². The van der Waals surface area contributed by atoms with E-state index in [2.05, 4.69) is 10.2 Å². The van der Waals surface area contributed by atoms with Crippen LogP contribution in [0.5, 0.6) is 5.75 Å². The van der Waals surface area contributed by atoms with Gasteiger partial charge in [-0.3, -0.25) is 4.79 Å². The Balaban J connectivity index is 1.48. The van der Waals surface area contributed by atoms with Crippen LogP contribution in [-0.2, 0) is 18.3 Å². The minimum Gasteiger partial charge on any atom is -0.497 e. The van der Waals surface area contributed by atoms with Crippen molar-refractivity contribution in [2.45, 2.75) is 18.0 Å². The zero-order valence-corrected chi connectivity index (χ0v) is 17.1. The molecule has 3 aromatic rings. The van der Waals surface area contributed by atoms with Gasteiger partial charge < -0.3 is 14.2 Å². The van der Waals surface area contributed by atoms with Crippen LogP contribution >= 0.6 is 11.8 Å². The average molecular weight is 412 g/mol. The highest BCUT2D eigenvalue weighted by Crippen LogP contribution is 2.31. The first-order chi connectivity index (χ1) is 14.1. The number of benzene rings is 2. The minimum absolute atomic E-state index is 0.0107. The second kappa shape index (κ2) is 8.24. The number of amides is 1. The van der Waals surface area contributed by atoms with Crippen LogP contribution in [0.15, 0.2) is 47.6 Å². The van der Waals surface area contributed by atoms with Crippen molar-refractivity contribution >= 4 is 23.4 Å². The highest BCUT2D eigenvalue weighted by Gasteiger charge is 2.24. The summed E-state index contributed by atoms with van der Waals surface area (Å²) < 4.78 is 21.1. The molecular weight excluding hydrogens is 391 g/mol. The normalized spacial score (nSPS) is 13.3. The molecule has 0 radical (unpaired) electrons. The lowest BCUT2D eigenvalue weighted by atomic mass is 10.0. The molecule has 4 rings (SSSR count). The first-order valence-electron chi connectivity index (χ1n) is 9.33. The predicted molar refractivity (Wildman–Crippen MR) is 111 cm³/mol. The van der Waals surface area contributed by atoms with Crippen molar-refractivity contribution in [3.63, 3.8) is 0 Å². The van der Waals surface area contributed by atoms with Gasteiger partial charge in [0.2, 0.25) is 5.91 Å². The van der Waals surface area contributed by atoms with Crippen molar-refractivity contribution in [1.82, 2.24) is 14.8 Å². The molecule has 0 bridgehead atoms. The van der Waals surface area contributed by atoms with E-state index in [1.807, 2.05) is 23.1 Å². The molecule has 1 amide bonds. The average Bonchev–Trinajstić information content (AvgIpc) is 3.11. The van der Waals surface area contributed by atoms with E-state index < -0.39 is 0 Å². The van der Waals surface area contributed by atoms with Crippen molar-refractivity contribution in [3.8, 4) is 17.1 Å². The van der Waals surface area contributed by atoms with Gasteiger partial charge in [0.05, 0.1) is 18.4 Å². The summed E-state index contributed by atoms with van der Waals surface area (Å²) in [4.78, 5) is 14.7. The third-order valence-corrected chi connectivity index (χ3v) is 5.99. The fourth-order valence-electron chi connectivity index (χ4n) is 3.48. The summed E-state index contributed by atoms with van der Waals surface area (Å²) in [5, 5.41) is 8.82. The molecule has 0 saturated heterocycles. The Kier molecular flexibility index (Phi) is 5.53. The summed E-state index contributed by atoms with van der Waals surface area (Å²) in [6.45, 7) is 0.692. The molecule has 6 nitrogen and oxygen atoms in total. The molecular formula is C21H21FN4O2S. The third-order valence-electron chi connectivity index (χ3n) is 4.98. The number of hydrogen-bond acceptors (Lipinski definition) is 5. The van der Waals surface area contributed by atoms with E-state index in [4.69, 9.17) is 4.74 Å². The number of carbonyl (C=O) groups excluding carboxylic acids is 1. The number of halogens is 1. The van der Waals surface area contributed by atoms with Crippen molar-refractivity contribution in [3.05, 3.63) is 53.8 Å². The summed E-state index contributed by atoms with van der Waals surface area (Å²) in [6, 6.07) is 12.3.